The van der Waals surface area contributed by atoms with Crippen molar-refractivity contribution in [3.63, 3.8) is 0 Å². The number of benzene rings is 1. The molecule has 0 spiro atoms. The Hall–Kier alpha value is -1.10. The molecule has 21 heavy (non-hydrogen) atoms. The molecule has 1 aromatic rings. The normalized spacial score (nSPS) is 19.8. The number of aliphatic hydroxyl groups is 1. The molecule has 0 radical (unpaired) electrons. The molecule has 3 rings (SSSR count). The Morgan fingerprint density at radius 2 is 1.95 bits per heavy atom. The van der Waals surface area contributed by atoms with Crippen LogP contribution in [0.15, 0.2) is 18.2 Å². The molecule has 5 heteroatoms. The second-order valence-corrected chi connectivity index (χ2v) is 5.96. The van der Waals surface area contributed by atoms with Gasteiger partial charge in [-0.1, -0.05) is 6.07 Å². The van der Waals surface area contributed by atoms with Gasteiger partial charge in [-0.25, -0.2) is 0 Å². The molecule has 2 aliphatic heterocycles. The van der Waals surface area contributed by atoms with E-state index in [1.807, 2.05) is 24.0 Å². The lowest BCUT2D eigenvalue weighted by Crippen LogP contribution is -2.40. The first-order valence-electron chi connectivity index (χ1n) is 7.45. The lowest BCUT2D eigenvalue weighted by atomic mass is 9.92. The molecular weight excluding hydrogens is 288 g/mol. The Bertz CT molecular complexity index is 511. The molecule has 2 heterocycles. The quantitative estimate of drug-likeness (QED) is 0.878. The van der Waals surface area contributed by atoms with Gasteiger partial charge in [0.15, 0.2) is 0 Å². The highest BCUT2D eigenvalue weighted by atomic mass is 35.5. The summed E-state index contributed by atoms with van der Waals surface area (Å²) in [5, 5.41) is 12.9. The molecule has 1 unspecified atom stereocenters. The number of fused-ring (bicyclic) bond motifs is 1. The molecule has 116 valence electrons. The fourth-order valence-corrected chi connectivity index (χ4v) is 3.20. The number of piperidine rings is 1. The van der Waals surface area contributed by atoms with Crippen molar-refractivity contribution >= 4 is 18.3 Å². The third kappa shape index (κ3) is 3.39. The summed E-state index contributed by atoms with van der Waals surface area (Å²) in [7, 11) is 0. The Morgan fingerprint density at radius 3 is 2.62 bits per heavy atom. The number of hydrogen-bond acceptors (Lipinski definition) is 3. The molecule has 1 amide bonds. The van der Waals surface area contributed by atoms with Crippen LogP contribution in [-0.2, 0) is 13.1 Å². The molecule has 0 aromatic heterocycles. The number of halogens is 1. The Balaban J connectivity index is 0.00000161. The third-order valence-electron chi connectivity index (χ3n) is 4.59. The highest BCUT2D eigenvalue weighted by Gasteiger charge is 2.26. The van der Waals surface area contributed by atoms with E-state index in [1.165, 1.54) is 11.1 Å². The Labute approximate surface area is 131 Å². The predicted molar refractivity (Wildman–Crippen MR) is 84.5 cm³/mol. The van der Waals surface area contributed by atoms with Crippen LogP contribution in [0, 0.1) is 5.92 Å². The average Bonchev–Trinajstić information content (AvgIpc) is 2.94. The number of carbonyl (C=O) groups excluding carboxylic acids is 1. The number of rotatable bonds is 2. The van der Waals surface area contributed by atoms with Gasteiger partial charge in [0.05, 0.1) is 6.10 Å². The van der Waals surface area contributed by atoms with Crippen molar-refractivity contribution in [1.82, 2.24) is 10.2 Å². The van der Waals surface area contributed by atoms with Crippen molar-refractivity contribution in [2.45, 2.75) is 39.0 Å². The number of carbonyl (C=O) groups is 1. The SMILES string of the molecule is CC(O)C1CCN(C(=O)c2ccc3c(c2)CNC3)CC1.Cl. The molecule has 0 saturated carbocycles. The number of amides is 1. The fraction of sp³-hybridized carbons (Fsp3) is 0.562. The van der Waals surface area contributed by atoms with Gasteiger partial charge >= 0.3 is 0 Å². The minimum absolute atomic E-state index is 0. The van der Waals surface area contributed by atoms with Gasteiger partial charge in [0.2, 0.25) is 0 Å². The van der Waals surface area contributed by atoms with Gasteiger partial charge in [0.1, 0.15) is 0 Å². The minimum Gasteiger partial charge on any atom is -0.393 e. The second-order valence-electron chi connectivity index (χ2n) is 5.96. The second kappa shape index (κ2) is 6.77. The van der Waals surface area contributed by atoms with E-state index in [9.17, 15) is 9.90 Å². The summed E-state index contributed by atoms with van der Waals surface area (Å²) in [6.07, 6.45) is 1.53. The largest absolute Gasteiger partial charge is 0.393 e. The van der Waals surface area contributed by atoms with E-state index < -0.39 is 0 Å². The molecule has 0 bridgehead atoms. The van der Waals surface area contributed by atoms with Crippen molar-refractivity contribution in [2.75, 3.05) is 13.1 Å². The van der Waals surface area contributed by atoms with Crippen LogP contribution in [0.3, 0.4) is 0 Å². The third-order valence-corrected chi connectivity index (χ3v) is 4.59. The molecular formula is C16H23ClN2O2. The van der Waals surface area contributed by atoms with Gasteiger partial charge in [0.25, 0.3) is 5.91 Å². The van der Waals surface area contributed by atoms with Crippen LogP contribution in [0.5, 0.6) is 0 Å². The van der Waals surface area contributed by atoms with E-state index in [2.05, 4.69) is 11.4 Å². The van der Waals surface area contributed by atoms with E-state index in [-0.39, 0.29) is 24.4 Å². The van der Waals surface area contributed by atoms with Gasteiger partial charge in [-0.05, 0) is 48.9 Å². The van der Waals surface area contributed by atoms with Crippen molar-refractivity contribution in [2.24, 2.45) is 5.92 Å². The van der Waals surface area contributed by atoms with Crippen LogP contribution in [0.1, 0.15) is 41.3 Å². The maximum atomic E-state index is 12.5. The monoisotopic (exact) mass is 310 g/mol. The first-order valence-corrected chi connectivity index (χ1v) is 7.45. The molecule has 2 aliphatic rings. The number of aliphatic hydroxyl groups excluding tert-OH is 1. The first kappa shape index (κ1) is 16.3. The lowest BCUT2D eigenvalue weighted by molar-refractivity contribution is 0.0521. The summed E-state index contributed by atoms with van der Waals surface area (Å²) in [5.41, 5.74) is 3.34. The van der Waals surface area contributed by atoms with Crippen LogP contribution >= 0.6 is 12.4 Å². The zero-order valence-corrected chi connectivity index (χ0v) is 13.2. The molecule has 1 saturated heterocycles. The summed E-state index contributed by atoms with van der Waals surface area (Å²) in [4.78, 5) is 14.4. The smallest absolute Gasteiger partial charge is 0.253 e. The molecule has 1 aromatic carbocycles. The molecule has 0 aliphatic carbocycles. The number of nitrogens with one attached hydrogen (secondary N) is 1. The lowest BCUT2D eigenvalue weighted by Gasteiger charge is -2.33. The maximum absolute atomic E-state index is 12.5. The first-order chi connectivity index (χ1) is 9.65. The topological polar surface area (TPSA) is 52.6 Å². The number of nitrogens with zero attached hydrogens (tertiary/aromatic N) is 1. The fourth-order valence-electron chi connectivity index (χ4n) is 3.20. The van der Waals surface area contributed by atoms with Crippen LogP contribution < -0.4 is 5.32 Å². The molecule has 2 N–H and O–H groups in total. The molecule has 1 fully saturated rings. The number of likely N-dealkylation sites (tertiary alicyclic amines) is 1. The van der Waals surface area contributed by atoms with Crippen LogP contribution in [0.25, 0.3) is 0 Å². The summed E-state index contributed by atoms with van der Waals surface area (Å²) in [5.74, 6) is 0.465. The molecule has 4 nitrogen and oxygen atoms in total. The van der Waals surface area contributed by atoms with Gasteiger partial charge < -0.3 is 15.3 Å². The van der Waals surface area contributed by atoms with E-state index in [4.69, 9.17) is 0 Å². The predicted octanol–water partition coefficient (Wildman–Crippen LogP) is 1.94. The van der Waals surface area contributed by atoms with Crippen molar-refractivity contribution in [3.05, 3.63) is 34.9 Å². The minimum atomic E-state index is -0.265. The summed E-state index contributed by atoms with van der Waals surface area (Å²) in [6.45, 7) is 5.12. The molecule has 1 atom stereocenters. The van der Waals surface area contributed by atoms with Crippen LogP contribution in [0.4, 0.5) is 0 Å². The standard InChI is InChI=1S/C16H22N2O2.ClH/c1-11(19)12-4-6-18(7-5-12)16(20)13-2-3-14-9-17-10-15(14)8-13;/h2-3,8,11-12,17,19H,4-7,9-10H2,1H3;1H. The van der Waals surface area contributed by atoms with Gasteiger partial charge in [0, 0.05) is 31.7 Å². The Kier molecular flexibility index (Phi) is 5.25. The van der Waals surface area contributed by atoms with Gasteiger partial charge in [-0.2, -0.15) is 0 Å². The van der Waals surface area contributed by atoms with Gasteiger partial charge in [-0.15, -0.1) is 12.4 Å². The van der Waals surface area contributed by atoms with E-state index in [0.717, 1.165) is 44.6 Å². The zero-order chi connectivity index (χ0) is 14.1. The van der Waals surface area contributed by atoms with Crippen LogP contribution in [0.2, 0.25) is 0 Å². The summed E-state index contributed by atoms with van der Waals surface area (Å²) < 4.78 is 0. The van der Waals surface area contributed by atoms with Gasteiger partial charge in [-0.3, -0.25) is 4.79 Å². The average molecular weight is 311 g/mol. The summed E-state index contributed by atoms with van der Waals surface area (Å²) >= 11 is 0. The zero-order valence-electron chi connectivity index (χ0n) is 12.3. The van der Waals surface area contributed by atoms with Crippen LogP contribution in [-0.4, -0.2) is 35.1 Å². The van der Waals surface area contributed by atoms with E-state index in [1.54, 1.807) is 0 Å². The van der Waals surface area contributed by atoms with Crippen molar-refractivity contribution in [1.29, 1.82) is 0 Å². The van der Waals surface area contributed by atoms with Crippen molar-refractivity contribution < 1.29 is 9.90 Å². The highest BCUT2D eigenvalue weighted by Crippen LogP contribution is 2.23. The van der Waals surface area contributed by atoms with Crippen molar-refractivity contribution in [3.8, 4) is 0 Å². The number of hydrogen-bond donors (Lipinski definition) is 2. The van der Waals surface area contributed by atoms with E-state index in [0.29, 0.717) is 5.92 Å². The summed E-state index contributed by atoms with van der Waals surface area (Å²) in [6, 6.07) is 6.03. The highest BCUT2D eigenvalue weighted by molar-refractivity contribution is 5.94. The van der Waals surface area contributed by atoms with E-state index >= 15 is 0 Å². The Morgan fingerprint density at radius 1 is 1.29 bits per heavy atom. The maximum Gasteiger partial charge on any atom is 0.253 e.